The molecule has 1 amide bonds. The van der Waals surface area contributed by atoms with Crippen molar-refractivity contribution in [1.29, 1.82) is 5.26 Å². The topological polar surface area (TPSA) is 57.0 Å². The predicted octanol–water partition coefficient (Wildman–Crippen LogP) is 3.33. The Morgan fingerprint density at radius 1 is 1.35 bits per heavy atom. The van der Waals surface area contributed by atoms with Gasteiger partial charge >= 0.3 is 0 Å². The maximum absolute atomic E-state index is 12.4. The lowest BCUT2D eigenvalue weighted by Gasteiger charge is -2.17. The summed E-state index contributed by atoms with van der Waals surface area (Å²) in [5, 5.41) is 9.83. The van der Waals surface area contributed by atoms with Crippen LogP contribution in [0.3, 0.4) is 0 Å². The number of carbonyl (C=O) groups excluding carboxylic acids is 1. The minimum atomic E-state index is 0.133. The first-order chi connectivity index (χ1) is 11.2. The number of para-hydroxylation sites is 1. The molecule has 0 bridgehead atoms. The second-order valence-corrected chi connectivity index (χ2v) is 6.52. The maximum atomic E-state index is 12.4. The third-order valence-corrected chi connectivity index (χ3v) is 4.86. The highest BCUT2D eigenvalue weighted by Gasteiger charge is 2.23. The lowest BCUT2D eigenvalue weighted by Crippen LogP contribution is -2.29. The maximum Gasteiger partial charge on any atom is 0.227 e. The van der Waals surface area contributed by atoms with Crippen LogP contribution in [0.5, 0.6) is 0 Å². The first kappa shape index (κ1) is 15.6. The molecule has 116 valence electrons. The number of thioether (sulfide) groups is 1. The molecule has 2 heterocycles. The van der Waals surface area contributed by atoms with Gasteiger partial charge in [-0.05, 0) is 37.1 Å². The van der Waals surface area contributed by atoms with Crippen LogP contribution in [-0.2, 0) is 11.2 Å². The minimum Gasteiger partial charge on any atom is -0.312 e. The van der Waals surface area contributed by atoms with Crippen LogP contribution in [0.4, 0.5) is 5.69 Å². The molecule has 0 radical (unpaired) electrons. The van der Waals surface area contributed by atoms with Gasteiger partial charge in [0.2, 0.25) is 5.91 Å². The van der Waals surface area contributed by atoms with E-state index in [1.807, 2.05) is 36.1 Å². The van der Waals surface area contributed by atoms with Crippen molar-refractivity contribution in [3.63, 3.8) is 0 Å². The SMILES string of the molecule is Cc1ccc(C#N)c(SCCC(=O)N2CCc3ccccc32)n1. The average molecular weight is 323 g/mol. The van der Waals surface area contributed by atoms with E-state index in [0.717, 1.165) is 24.3 Å². The van der Waals surface area contributed by atoms with Crippen molar-refractivity contribution in [2.75, 3.05) is 17.2 Å². The number of aromatic nitrogens is 1. The van der Waals surface area contributed by atoms with Crippen molar-refractivity contribution >= 4 is 23.4 Å². The number of amides is 1. The van der Waals surface area contributed by atoms with E-state index in [1.165, 1.54) is 17.3 Å². The van der Waals surface area contributed by atoms with E-state index in [0.29, 0.717) is 22.8 Å². The smallest absolute Gasteiger partial charge is 0.227 e. The molecule has 1 aromatic carbocycles. The zero-order valence-electron chi connectivity index (χ0n) is 13.0. The molecule has 1 aliphatic rings. The summed E-state index contributed by atoms with van der Waals surface area (Å²) in [5.41, 5.74) is 3.72. The van der Waals surface area contributed by atoms with Crippen molar-refractivity contribution in [3.05, 3.63) is 53.2 Å². The molecule has 0 unspecified atom stereocenters. The Morgan fingerprint density at radius 3 is 3.00 bits per heavy atom. The molecule has 0 atom stereocenters. The Balaban J connectivity index is 1.61. The highest BCUT2D eigenvalue weighted by atomic mass is 32.2. The molecular weight excluding hydrogens is 306 g/mol. The number of hydrogen-bond donors (Lipinski definition) is 0. The molecule has 4 nitrogen and oxygen atoms in total. The van der Waals surface area contributed by atoms with Gasteiger partial charge in [0, 0.05) is 30.1 Å². The van der Waals surface area contributed by atoms with Crippen molar-refractivity contribution < 1.29 is 4.79 Å². The van der Waals surface area contributed by atoms with E-state index in [4.69, 9.17) is 5.26 Å². The van der Waals surface area contributed by atoms with E-state index < -0.39 is 0 Å². The molecule has 0 spiro atoms. The zero-order chi connectivity index (χ0) is 16.2. The number of pyridine rings is 1. The quantitative estimate of drug-likeness (QED) is 0.810. The van der Waals surface area contributed by atoms with Crippen LogP contribution in [0.15, 0.2) is 41.4 Å². The molecule has 0 fully saturated rings. The third-order valence-electron chi connectivity index (χ3n) is 3.86. The minimum absolute atomic E-state index is 0.133. The number of nitrogens with zero attached hydrogens (tertiary/aromatic N) is 3. The van der Waals surface area contributed by atoms with Gasteiger partial charge in [-0.25, -0.2) is 4.98 Å². The van der Waals surface area contributed by atoms with Crippen molar-refractivity contribution in [1.82, 2.24) is 4.98 Å². The molecule has 0 aliphatic carbocycles. The molecule has 23 heavy (non-hydrogen) atoms. The molecule has 3 rings (SSSR count). The molecule has 1 aliphatic heterocycles. The fraction of sp³-hybridized carbons (Fsp3) is 0.278. The van der Waals surface area contributed by atoms with Gasteiger partial charge in [-0.15, -0.1) is 11.8 Å². The molecule has 5 heteroatoms. The summed E-state index contributed by atoms with van der Waals surface area (Å²) >= 11 is 1.47. The molecule has 1 aromatic heterocycles. The third kappa shape index (κ3) is 3.38. The fourth-order valence-electron chi connectivity index (χ4n) is 2.70. The number of aryl methyl sites for hydroxylation is 1. The number of carbonyl (C=O) groups is 1. The summed E-state index contributed by atoms with van der Waals surface area (Å²) in [7, 11) is 0. The van der Waals surface area contributed by atoms with Crippen LogP contribution in [0.25, 0.3) is 0 Å². The Labute approximate surface area is 140 Å². The van der Waals surface area contributed by atoms with Gasteiger partial charge in [-0.1, -0.05) is 18.2 Å². The first-order valence-corrected chi connectivity index (χ1v) is 8.56. The summed E-state index contributed by atoms with van der Waals surface area (Å²) < 4.78 is 0. The van der Waals surface area contributed by atoms with E-state index in [1.54, 1.807) is 6.07 Å². The van der Waals surface area contributed by atoms with E-state index in [9.17, 15) is 4.79 Å². The standard InChI is InChI=1S/C18H17N3OS/c1-13-6-7-15(12-19)18(20-13)23-11-9-17(22)21-10-8-14-4-2-3-5-16(14)21/h2-7H,8-11H2,1H3. The lowest BCUT2D eigenvalue weighted by molar-refractivity contribution is -0.118. The summed E-state index contributed by atoms with van der Waals surface area (Å²) in [6, 6.07) is 13.8. The van der Waals surface area contributed by atoms with Crippen LogP contribution in [0, 0.1) is 18.3 Å². The first-order valence-electron chi connectivity index (χ1n) is 7.58. The lowest BCUT2D eigenvalue weighted by atomic mass is 10.2. The molecule has 0 saturated carbocycles. The highest BCUT2D eigenvalue weighted by Crippen LogP contribution is 2.28. The molecule has 0 N–H and O–H groups in total. The second kappa shape index (κ2) is 6.84. The summed E-state index contributed by atoms with van der Waals surface area (Å²) in [5.74, 6) is 0.761. The van der Waals surface area contributed by atoms with Crippen LogP contribution >= 0.6 is 11.8 Å². The molecular formula is C18H17N3OS. The van der Waals surface area contributed by atoms with Gasteiger partial charge in [0.05, 0.1) is 5.56 Å². The number of benzene rings is 1. The van der Waals surface area contributed by atoms with Crippen LogP contribution in [0.1, 0.15) is 23.2 Å². The number of nitriles is 1. The fourth-order valence-corrected chi connectivity index (χ4v) is 3.64. The molecule has 0 saturated heterocycles. The van der Waals surface area contributed by atoms with Crippen LogP contribution in [0.2, 0.25) is 0 Å². The Morgan fingerprint density at radius 2 is 2.17 bits per heavy atom. The summed E-state index contributed by atoms with van der Waals surface area (Å²) in [4.78, 5) is 18.7. The van der Waals surface area contributed by atoms with E-state index in [2.05, 4.69) is 17.1 Å². The van der Waals surface area contributed by atoms with Gasteiger partial charge in [-0.2, -0.15) is 5.26 Å². The monoisotopic (exact) mass is 323 g/mol. The van der Waals surface area contributed by atoms with Gasteiger partial charge in [-0.3, -0.25) is 4.79 Å². The number of hydrogen-bond acceptors (Lipinski definition) is 4. The number of rotatable bonds is 4. The normalized spacial score (nSPS) is 12.8. The number of fused-ring (bicyclic) bond motifs is 1. The van der Waals surface area contributed by atoms with Crippen molar-refractivity contribution in [2.24, 2.45) is 0 Å². The Kier molecular flexibility index (Phi) is 4.63. The second-order valence-electron chi connectivity index (χ2n) is 5.44. The van der Waals surface area contributed by atoms with Crippen molar-refractivity contribution in [2.45, 2.75) is 24.8 Å². The van der Waals surface area contributed by atoms with Gasteiger partial charge in [0.1, 0.15) is 11.1 Å². The average Bonchev–Trinajstić information content (AvgIpc) is 2.99. The zero-order valence-corrected chi connectivity index (χ0v) is 13.8. The Hall–Kier alpha value is -2.32. The summed E-state index contributed by atoms with van der Waals surface area (Å²) in [6.45, 7) is 2.66. The largest absolute Gasteiger partial charge is 0.312 e. The highest BCUT2D eigenvalue weighted by molar-refractivity contribution is 7.99. The van der Waals surface area contributed by atoms with Crippen LogP contribution in [-0.4, -0.2) is 23.2 Å². The number of anilines is 1. The van der Waals surface area contributed by atoms with Crippen molar-refractivity contribution in [3.8, 4) is 6.07 Å². The van der Waals surface area contributed by atoms with E-state index in [-0.39, 0.29) is 5.91 Å². The predicted molar refractivity (Wildman–Crippen MR) is 91.5 cm³/mol. The van der Waals surface area contributed by atoms with Gasteiger partial charge in [0.25, 0.3) is 0 Å². The van der Waals surface area contributed by atoms with Crippen LogP contribution < -0.4 is 4.90 Å². The summed E-state index contributed by atoms with van der Waals surface area (Å²) in [6.07, 6.45) is 1.37. The van der Waals surface area contributed by atoms with Gasteiger partial charge in [0.15, 0.2) is 0 Å². The van der Waals surface area contributed by atoms with Gasteiger partial charge < -0.3 is 4.90 Å². The Bertz CT molecular complexity index is 782. The van der Waals surface area contributed by atoms with E-state index >= 15 is 0 Å². The molecule has 2 aromatic rings.